The summed E-state index contributed by atoms with van der Waals surface area (Å²) in [6.45, 7) is 0.537. The summed E-state index contributed by atoms with van der Waals surface area (Å²) in [5, 5.41) is 3.61. The molecule has 0 unspecified atom stereocenters. The molecule has 1 saturated carbocycles. The molecule has 0 radical (unpaired) electrons. The average molecular weight is 616 g/mol. The third-order valence-corrected chi connectivity index (χ3v) is 9.12. The van der Waals surface area contributed by atoms with Gasteiger partial charge >= 0.3 is 0 Å². The number of hydrogen-bond donors (Lipinski definition) is 2. The van der Waals surface area contributed by atoms with Gasteiger partial charge in [0.15, 0.2) is 0 Å². The smallest absolute Gasteiger partial charge is 0.247 e. The van der Waals surface area contributed by atoms with Gasteiger partial charge in [0.25, 0.3) is 0 Å². The largest absolute Gasteiger partial charge is 0.350 e. The molecular formula is C34H34ClN3O4S. The minimum absolute atomic E-state index is 0.0244. The summed E-state index contributed by atoms with van der Waals surface area (Å²) in [6.07, 6.45) is 2.25. The average Bonchev–Trinajstić information content (AvgIpc) is 3.84. The summed E-state index contributed by atoms with van der Waals surface area (Å²) in [5.41, 5.74) is 3.33. The van der Waals surface area contributed by atoms with Gasteiger partial charge in [-0.1, -0.05) is 96.5 Å². The number of nitrogens with one attached hydrogen (secondary N) is 2. The number of nitrogens with zero attached hydrogens (tertiary/aromatic N) is 1. The monoisotopic (exact) mass is 615 g/mol. The van der Waals surface area contributed by atoms with Gasteiger partial charge in [-0.3, -0.25) is 9.59 Å². The van der Waals surface area contributed by atoms with Gasteiger partial charge in [-0.2, -0.15) is 0 Å². The van der Waals surface area contributed by atoms with Crippen LogP contribution in [0.5, 0.6) is 0 Å². The number of amides is 2. The molecule has 0 bridgehead atoms. The number of hydrogen-bond acceptors (Lipinski definition) is 4. The summed E-state index contributed by atoms with van der Waals surface area (Å²) in [5.74, 6) is -0.485. The quantitative estimate of drug-likeness (QED) is 0.199. The van der Waals surface area contributed by atoms with E-state index in [4.69, 9.17) is 11.6 Å². The second kappa shape index (κ2) is 14.0. The molecule has 0 spiro atoms. The standard InChI is InChI=1S/C34H34ClN3O4S/c35-29-16-11-27(12-17-29)24-38(32(39)22-15-25-13-20-31(21-14-25)43(41,42)37-30-18-19-30)33(28-9-5-2-6-10-28)34(40)36-23-26-7-3-1-4-8-26/h1-14,16-17,20-21,30,33,37H,15,18-19,22-24H2,(H,36,40)/t33-/m1/s1. The van der Waals surface area contributed by atoms with Crippen molar-refractivity contribution in [1.29, 1.82) is 0 Å². The van der Waals surface area contributed by atoms with E-state index in [9.17, 15) is 18.0 Å². The van der Waals surface area contributed by atoms with E-state index in [1.54, 1.807) is 41.3 Å². The molecule has 0 heterocycles. The molecule has 1 fully saturated rings. The maximum absolute atomic E-state index is 13.9. The van der Waals surface area contributed by atoms with Gasteiger partial charge < -0.3 is 10.2 Å². The molecule has 5 rings (SSSR count). The van der Waals surface area contributed by atoms with Crippen LogP contribution in [-0.4, -0.2) is 31.2 Å². The van der Waals surface area contributed by atoms with Crippen LogP contribution in [-0.2, 0) is 39.1 Å². The lowest BCUT2D eigenvalue weighted by Crippen LogP contribution is -2.43. The van der Waals surface area contributed by atoms with Crippen molar-refractivity contribution in [2.24, 2.45) is 0 Å². The van der Waals surface area contributed by atoms with Gasteiger partial charge in [-0.25, -0.2) is 13.1 Å². The maximum atomic E-state index is 13.9. The van der Waals surface area contributed by atoms with E-state index < -0.39 is 16.1 Å². The topological polar surface area (TPSA) is 95.6 Å². The molecule has 2 amide bonds. The Morgan fingerprint density at radius 3 is 2.02 bits per heavy atom. The third kappa shape index (κ3) is 8.54. The van der Waals surface area contributed by atoms with Crippen molar-refractivity contribution in [2.75, 3.05) is 0 Å². The fourth-order valence-corrected chi connectivity index (χ4v) is 6.25. The molecule has 4 aromatic rings. The lowest BCUT2D eigenvalue weighted by atomic mass is 10.0. The second-order valence-electron chi connectivity index (χ2n) is 10.7. The highest BCUT2D eigenvalue weighted by molar-refractivity contribution is 7.89. The number of sulfonamides is 1. The molecule has 0 saturated heterocycles. The molecule has 7 nitrogen and oxygen atoms in total. The predicted octanol–water partition coefficient (Wildman–Crippen LogP) is 5.80. The molecule has 4 aromatic carbocycles. The molecular weight excluding hydrogens is 582 g/mol. The van der Waals surface area contributed by atoms with E-state index in [2.05, 4.69) is 10.0 Å². The zero-order valence-electron chi connectivity index (χ0n) is 23.7. The minimum Gasteiger partial charge on any atom is -0.350 e. The van der Waals surface area contributed by atoms with Crippen LogP contribution in [0, 0.1) is 0 Å². The van der Waals surface area contributed by atoms with E-state index in [-0.39, 0.29) is 35.7 Å². The highest BCUT2D eigenvalue weighted by atomic mass is 35.5. The first kappa shape index (κ1) is 30.5. The zero-order valence-corrected chi connectivity index (χ0v) is 25.2. The summed E-state index contributed by atoms with van der Waals surface area (Å²) < 4.78 is 27.8. The SMILES string of the molecule is O=C(NCc1ccccc1)[C@@H](c1ccccc1)N(Cc1ccc(Cl)cc1)C(=O)CCc1ccc(S(=O)(=O)NC2CC2)cc1. The van der Waals surface area contributed by atoms with Crippen LogP contribution < -0.4 is 10.0 Å². The maximum Gasteiger partial charge on any atom is 0.247 e. The summed E-state index contributed by atoms with van der Waals surface area (Å²) >= 11 is 6.12. The van der Waals surface area contributed by atoms with Crippen molar-refractivity contribution in [3.63, 3.8) is 0 Å². The summed E-state index contributed by atoms with van der Waals surface area (Å²) in [4.78, 5) is 29.6. The van der Waals surface area contributed by atoms with Gasteiger partial charge in [0.05, 0.1) is 4.90 Å². The van der Waals surface area contributed by atoms with Crippen molar-refractivity contribution in [3.8, 4) is 0 Å². The molecule has 0 aliphatic heterocycles. The van der Waals surface area contributed by atoms with Crippen molar-refractivity contribution >= 4 is 33.4 Å². The fraction of sp³-hybridized carbons (Fsp3) is 0.235. The lowest BCUT2D eigenvalue weighted by Gasteiger charge is -2.32. The Balaban J connectivity index is 1.37. The van der Waals surface area contributed by atoms with E-state index in [0.717, 1.165) is 29.5 Å². The van der Waals surface area contributed by atoms with E-state index >= 15 is 0 Å². The molecule has 222 valence electrons. The van der Waals surface area contributed by atoms with Crippen LogP contribution in [0.2, 0.25) is 5.02 Å². The highest BCUT2D eigenvalue weighted by Gasteiger charge is 2.31. The van der Waals surface area contributed by atoms with Crippen molar-refractivity contribution in [3.05, 3.63) is 136 Å². The molecule has 2 N–H and O–H groups in total. The Hall–Kier alpha value is -3.98. The normalized spacial score (nSPS) is 13.7. The first-order chi connectivity index (χ1) is 20.8. The number of aryl methyl sites for hydroxylation is 1. The predicted molar refractivity (Wildman–Crippen MR) is 168 cm³/mol. The summed E-state index contributed by atoms with van der Waals surface area (Å²) in [7, 11) is -3.55. The van der Waals surface area contributed by atoms with Gasteiger partial charge in [-0.05, 0) is 65.8 Å². The van der Waals surface area contributed by atoms with Gasteiger partial charge in [0.1, 0.15) is 6.04 Å². The van der Waals surface area contributed by atoms with Gasteiger partial charge in [0, 0.05) is 30.6 Å². The molecule has 43 heavy (non-hydrogen) atoms. The Morgan fingerprint density at radius 1 is 0.791 bits per heavy atom. The van der Waals surface area contributed by atoms with Crippen LogP contribution in [0.4, 0.5) is 0 Å². The van der Waals surface area contributed by atoms with Crippen LogP contribution >= 0.6 is 11.6 Å². The third-order valence-electron chi connectivity index (χ3n) is 7.33. The first-order valence-corrected chi connectivity index (χ1v) is 16.2. The van der Waals surface area contributed by atoms with Gasteiger partial charge in [-0.15, -0.1) is 0 Å². The summed E-state index contributed by atoms with van der Waals surface area (Å²) in [6, 6.07) is 31.9. The van der Waals surface area contributed by atoms with Crippen molar-refractivity contribution in [1.82, 2.24) is 14.9 Å². The Morgan fingerprint density at radius 2 is 1.40 bits per heavy atom. The molecule has 1 aliphatic carbocycles. The van der Waals surface area contributed by atoms with E-state index in [1.807, 2.05) is 72.8 Å². The Labute approximate surface area is 257 Å². The minimum atomic E-state index is -3.55. The number of carbonyl (C=O) groups is 2. The van der Waals surface area contributed by atoms with Crippen molar-refractivity contribution < 1.29 is 18.0 Å². The Bertz CT molecular complexity index is 1630. The number of benzene rings is 4. The molecule has 1 atom stereocenters. The van der Waals surface area contributed by atoms with E-state index in [0.29, 0.717) is 23.6 Å². The van der Waals surface area contributed by atoms with Crippen molar-refractivity contribution in [2.45, 2.75) is 55.8 Å². The Kier molecular flexibility index (Phi) is 9.92. The lowest BCUT2D eigenvalue weighted by molar-refractivity contribution is -0.141. The second-order valence-corrected chi connectivity index (χ2v) is 12.9. The van der Waals surface area contributed by atoms with Crippen LogP contribution in [0.15, 0.2) is 114 Å². The highest BCUT2D eigenvalue weighted by Crippen LogP contribution is 2.26. The number of rotatable bonds is 13. The molecule has 1 aliphatic rings. The molecule has 0 aromatic heterocycles. The first-order valence-electron chi connectivity index (χ1n) is 14.3. The van der Waals surface area contributed by atoms with Crippen LogP contribution in [0.25, 0.3) is 0 Å². The zero-order chi connectivity index (χ0) is 30.2. The van der Waals surface area contributed by atoms with Crippen LogP contribution in [0.3, 0.4) is 0 Å². The molecule has 9 heteroatoms. The number of halogens is 1. The van der Waals surface area contributed by atoms with E-state index in [1.165, 1.54) is 0 Å². The fourth-order valence-electron chi connectivity index (χ4n) is 4.82. The van der Waals surface area contributed by atoms with Crippen LogP contribution in [0.1, 0.15) is 47.6 Å². The van der Waals surface area contributed by atoms with Gasteiger partial charge in [0.2, 0.25) is 21.8 Å². The number of carbonyl (C=O) groups excluding carboxylic acids is 2.